The summed E-state index contributed by atoms with van der Waals surface area (Å²) in [6.45, 7) is 4.73. The molecule has 1 aromatic carbocycles. The van der Waals surface area contributed by atoms with Gasteiger partial charge in [-0.2, -0.15) is 0 Å². The van der Waals surface area contributed by atoms with E-state index in [9.17, 15) is 4.79 Å². The maximum Gasteiger partial charge on any atom is 0.220 e. The molecule has 1 heterocycles. The fourth-order valence-corrected chi connectivity index (χ4v) is 3.05. The van der Waals surface area contributed by atoms with E-state index in [4.69, 9.17) is 0 Å². The fourth-order valence-electron chi connectivity index (χ4n) is 2.11. The third-order valence-corrected chi connectivity index (χ3v) is 4.29. The van der Waals surface area contributed by atoms with Gasteiger partial charge in [-0.15, -0.1) is 11.3 Å². The molecule has 0 unspecified atom stereocenters. The molecule has 0 spiro atoms. The van der Waals surface area contributed by atoms with Gasteiger partial charge in [-0.05, 0) is 25.8 Å². The molecule has 0 aliphatic heterocycles. The lowest BCUT2D eigenvalue weighted by Gasteiger charge is -2.05. The predicted molar refractivity (Wildman–Crippen MR) is 83.1 cm³/mol. The lowest BCUT2D eigenvalue weighted by atomic mass is 10.1. The van der Waals surface area contributed by atoms with Crippen molar-refractivity contribution in [2.75, 3.05) is 6.54 Å². The molecule has 1 N–H and O–H groups in total. The number of aromatic nitrogens is 1. The highest BCUT2D eigenvalue weighted by Crippen LogP contribution is 2.17. The number of benzene rings is 1. The van der Waals surface area contributed by atoms with Gasteiger partial charge in [0.15, 0.2) is 0 Å². The first-order valence-electron chi connectivity index (χ1n) is 6.88. The zero-order valence-corrected chi connectivity index (χ0v) is 12.8. The van der Waals surface area contributed by atoms with E-state index in [2.05, 4.69) is 22.4 Å². The maximum atomic E-state index is 11.8. The second kappa shape index (κ2) is 7.20. The van der Waals surface area contributed by atoms with E-state index >= 15 is 0 Å². The molecule has 0 bridgehead atoms. The van der Waals surface area contributed by atoms with E-state index in [-0.39, 0.29) is 5.91 Å². The van der Waals surface area contributed by atoms with Crippen LogP contribution < -0.4 is 5.32 Å². The van der Waals surface area contributed by atoms with E-state index in [0.29, 0.717) is 13.0 Å². The van der Waals surface area contributed by atoms with Crippen LogP contribution in [0.2, 0.25) is 0 Å². The monoisotopic (exact) mass is 288 g/mol. The van der Waals surface area contributed by atoms with Gasteiger partial charge in [0.2, 0.25) is 5.91 Å². The van der Waals surface area contributed by atoms with Gasteiger partial charge < -0.3 is 5.32 Å². The summed E-state index contributed by atoms with van der Waals surface area (Å²) in [7, 11) is 0. The highest BCUT2D eigenvalue weighted by atomic mass is 32.1. The van der Waals surface area contributed by atoms with Gasteiger partial charge in [-0.1, -0.05) is 30.3 Å². The van der Waals surface area contributed by atoms with Gasteiger partial charge in [0.1, 0.15) is 0 Å². The average Bonchev–Trinajstić information content (AvgIpc) is 2.76. The molecule has 1 aromatic heterocycles. The van der Waals surface area contributed by atoms with Crippen LogP contribution in [-0.2, 0) is 17.6 Å². The number of nitrogens with zero attached hydrogens (tertiary/aromatic N) is 1. The summed E-state index contributed by atoms with van der Waals surface area (Å²) in [6.07, 6.45) is 2.21. The zero-order valence-electron chi connectivity index (χ0n) is 12.0. The van der Waals surface area contributed by atoms with Gasteiger partial charge >= 0.3 is 0 Å². The summed E-state index contributed by atoms with van der Waals surface area (Å²) in [4.78, 5) is 17.4. The summed E-state index contributed by atoms with van der Waals surface area (Å²) in [5, 5.41) is 4.07. The molecule has 0 atom stereocenters. The van der Waals surface area contributed by atoms with Crippen molar-refractivity contribution >= 4 is 17.2 Å². The van der Waals surface area contributed by atoms with Gasteiger partial charge in [0.05, 0.1) is 10.7 Å². The van der Waals surface area contributed by atoms with Gasteiger partial charge in [-0.3, -0.25) is 4.79 Å². The smallest absolute Gasteiger partial charge is 0.220 e. The number of aryl methyl sites for hydroxylation is 3. The molecule has 0 aliphatic rings. The summed E-state index contributed by atoms with van der Waals surface area (Å²) in [5.41, 5.74) is 2.29. The molecule has 0 saturated heterocycles. The molecule has 2 aromatic rings. The Labute approximate surface area is 124 Å². The van der Waals surface area contributed by atoms with Crippen LogP contribution in [0.4, 0.5) is 0 Å². The standard InChI is InChI=1S/C16H20N2OS/c1-12-15(20-13(2)18-12)10-11-17-16(19)9-8-14-6-4-3-5-7-14/h3-7H,8-11H2,1-2H3,(H,17,19). The fraction of sp³-hybridized carbons (Fsp3) is 0.375. The molecular formula is C16H20N2OS. The summed E-state index contributed by atoms with van der Waals surface area (Å²) in [6, 6.07) is 10.1. The Bertz CT molecular complexity index is 563. The first-order chi connectivity index (χ1) is 9.65. The molecule has 4 heteroatoms. The van der Waals surface area contributed by atoms with Crippen molar-refractivity contribution in [1.82, 2.24) is 10.3 Å². The number of nitrogens with one attached hydrogen (secondary N) is 1. The van der Waals surface area contributed by atoms with E-state index in [0.717, 1.165) is 23.5 Å². The largest absolute Gasteiger partial charge is 0.356 e. The van der Waals surface area contributed by atoms with Crippen LogP contribution in [-0.4, -0.2) is 17.4 Å². The normalized spacial score (nSPS) is 10.5. The molecule has 0 fully saturated rings. The summed E-state index contributed by atoms with van der Waals surface area (Å²) in [5.74, 6) is 0.118. The maximum absolute atomic E-state index is 11.8. The molecule has 1 amide bonds. The summed E-state index contributed by atoms with van der Waals surface area (Å²) >= 11 is 1.71. The molecular weight excluding hydrogens is 268 g/mol. The lowest BCUT2D eigenvalue weighted by molar-refractivity contribution is -0.121. The Balaban J connectivity index is 1.69. The van der Waals surface area contributed by atoms with E-state index in [1.54, 1.807) is 11.3 Å². The van der Waals surface area contributed by atoms with E-state index in [1.807, 2.05) is 32.0 Å². The molecule has 0 aliphatic carbocycles. The van der Waals surface area contributed by atoms with Crippen molar-refractivity contribution in [1.29, 1.82) is 0 Å². The first-order valence-corrected chi connectivity index (χ1v) is 7.70. The van der Waals surface area contributed by atoms with Gasteiger partial charge in [0.25, 0.3) is 0 Å². The Morgan fingerprint density at radius 1 is 1.20 bits per heavy atom. The molecule has 106 valence electrons. The van der Waals surface area contributed by atoms with Crippen molar-refractivity contribution in [3.05, 3.63) is 51.5 Å². The van der Waals surface area contributed by atoms with Crippen LogP contribution in [0.3, 0.4) is 0 Å². The minimum absolute atomic E-state index is 0.118. The second-order valence-electron chi connectivity index (χ2n) is 4.83. The molecule has 3 nitrogen and oxygen atoms in total. The highest BCUT2D eigenvalue weighted by Gasteiger charge is 2.06. The van der Waals surface area contributed by atoms with Crippen LogP contribution in [0.15, 0.2) is 30.3 Å². The van der Waals surface area contributed by atoms with E-state index < -0.39 is 0 Å². The first kappa shape index (κ1) is 14.7. The number of thiazole rings is 1. The van der Waals surface area contributed by atoms with Crippen LogP contribution in [0.5, 0.6) is 0 Å². The Kier molecular flexibility index (Phi) is 5.30. The minimum atomic E-state index is 0.118. The predicted octanol–water partition coefficient (Wildman–Crippen LogP) is 3.05. The van der Waals surface area contributed by atoms with Crippen molar-refractivity contribution in [3.63, 3.8) is 0 Å². The average molecular weight is 288 g/mol. The second-order valence-corrected chi connectivity index (χ2v) is 6.11. The SMILES string of the molecule is Cc1nc(C)c(CCNC(=O)CCc2ccccc2)s1. The van der Waals surface area contributed by atoms with Crippen LogP contribution in [0.1, 0.15) is 27.6 Å². The number of carbonyl (C=O) groups is 1. The quantitative estimate of drug-likeness (QED) is 0.887. The number of carbonyl (C=O) groups excluding carboxylic acids is 1. The van der Waals surface area contributed by atoms with Crippen LogP contribution >= 0.6 is 11.3 Å². The van der Waals surface area contributed by atoms with Crippen molar-refractivity contribution < 1.29 is 4.79 Å². The zero-order chi connectivity index (χ0) is 14.4. The molecule has 20 heavy (non-hydrogen) atoms. The van der Waals surface area contributed by atoms with Gasteiger partial charge in [-0.25, -0.2) is 4.98 Å². The molecule has 0 saturated carbocycles. The third-order valence-electron chi connectivity index (χ3n) is 3.16. The minimum Gasteiger partial charge on any atom is -0.356 e. The van der Waals surface area contributed by atoms with E-state index in [1.165, 1.54) is 10.4 Å². The third kappa shape index (κ3) is 4.46. The highest BCUT2D eigenvalue weighted by molar-refractivity contribution is 7.11. The van der Waals surface area contributed by atoms with Gasteiger partial charge in [0, 0.05) is 24.3 Å². The Hall–Kier alpha value is -1.68. The topological polar surface area (TPSA) is 42.0 Å². The summed E-state index contributed by atoms with van der Waals surface area (Å²) < 4.78 is 0. The number of rotatable bonds is 6. The number of amides is 1. The van der Waals surface area contributed by atoms with Crippen LogP contribution in [0, 0.1) is 13.8 Å². The van der Waals surface area contributed by atoms with Crippen molar-refractivity contribution in [2.24, 2.45) is 0 Å². The van der Waals surface area contributed by atoms with Crippen molar-refractivity contribution in [3.8, 4) is 0 Å². The number of hydrogen-bond donors (Lipinski definition) is 1. The molecule has 2 rings (SSSR count). The number of hydrogen-bond acceptors (Lipinski definition) is 3. The Morgan fingerprint density at radius 3 is 2.60 bits per heavy atom. The molecule has 0 radical (unpaired) electrons. The van der Waals surface area contributed by atoms with Crippen molar-refractivity contribution in [2.45, 2.75) is 33.1 Å². The lowest BCUT2D eigenvalue weighted by Crippen LogP contribution is -2.25. The Morgan fingerprint density at radius 2 is 1.95 bits per heavy atom. The van der Waals surface area contributed by atoms with Crippen LogP contribution in [0.25, 0.3) is 0 Å².